The fourth-order valence-electron chi connectivity index (χ4n) is 6.32. The Bertz CT molecular complexity index is 1300. The van der Waals surface area contributed by atoms with Crippen LogP contribution in [0.3, 0.4) is 0 Å². The first kappa shape index (κ1) is 26.5. The average Bonchev–Trinajstić information content (AvgIpc) is 3.50. The second-order valence-electron chi connectivity index (χ2n) is 10.7. The summed E-state index contributed by atoms with van der Waals surface area (Å²) in [5.41, 5.74) is 2.21. The number of aryl methyl sites for hydroxylation is 1. The molecule has 3 aromatic rings. The Morgan fingerprint density at radius 2 is 1.95 bits per heavy atom. The molecule has 1 spiro atoms. The van der Waals surface area contributed by atoms with Gasteiger partial charge in [0.2, 0.25) is 0 Å². The van der Waals surface area contributed by atoms with Crippen molar-refractivity contribution in [1.29, 1.82) is 0 Å². The summed E-state index contributed by atoms with van der Waals surface area (Å²) < 4.78 is 9.58. The van der Waals surface area contributed by atoms with Crippen molar-refractivity contribution in [2.75, 3.05) is 18.6 Å². The monoisotopic (exact) mass is 632 g/mol. The molecule has 2 N–H and O–H groups in total. The van der Waals surface area contributed by atoms with E-state index in [1.54, 1.807) is 16.6 Å². The van der Waals surface area contributed by atoms with E-state index in [0.29, 0.717) is 18.7 Å². The summed E-state index contributed by atoms with van der Waals surface area (Å²) in [6.07, 6.45) is 2.14. The lowest BCUT2D eigenvalue weighted by molar-refractivity contribution is -0.145. The number of amides is 1. The van der Waals surface area contributed by atoms with Gasteiger partial charge in [0.15, 0.2) is 13.9 Å². The standard InChI is InChI=1S/C27H33IN4O4Si/c1-17-25(37(3,4)35)24(36-27(17)21-14-19(28)10-11-23(21)31(2)26(27)34)12-13-32-15-22(29-30-32)20(16-33)18-8-6-5-7-9-18/h5-11,14-15,17,20,24-25,33,35H,12-13,16H2,1-4H3/t17-,20?,24+,25-,27+/m0/s1. The van der Waals surface area contributed by atoms with Gasteiger partial charge in [-0.25, -0.2) is 0 Å². The van der Waals surface area contributed by atoms with Crippen molar-refractivity contribution in [2.24, 2.45) is 5.92 Å². The zero-order valence-corrected chi connectivity index (χ0v) is 24.7. The highest BCUT2D eigenvalue weighted by Gasteiger charge is 2.65. The Morgan fingerprint density at radius 1 is 1.22 bits per heavy atom. The number of rotatable bonds is 7. The van der Waals surface area contributed by atoms with Gasteiger partial charge in [0.25, 0.3) is 5.91 Å². The number of ether oxygens (including phenoxy) is 1. The summed E-state index contributed by atoms with van der Waals surface area (Å²) in [6.45, 7) is 6.38. The Kier molecular flexibility index (Phi) is 7.07. The van der Waals surface area contributed by atoms with Crippen LogP contribution in [0.1, 0.15) is 36.1 Å². The van der Waals surface area contributed by atoms with Crippen molar-refractivity contribution in [1.82, 2.24) is 15.0 Å². The minimum Gasteiger partial charge on any atom is -0.432 e. The highest BCUT2D eigenvalue weighted by molar-refractivity contribution is 14.1. The number of hydrogen-bond donors (Lipinski definition) is 2. The van der Waals surface area contributed by atoms with E-state index in [1.807, 2.05) is 67.8 Å². The largest absolute Gasteiger partial charge is 0.432 e. The van der Waals surface area contributed by atoms with Gasteiger partial charge in [-0.15, -0.1) is 5.10 Å². The number of halogens is 1. The molecule has 0 saturated carbocycles. The zero-order valence-electron chi connectivity index (χ0n) is 21.5. The summed E-state index contributed by atoms with van der Waals surface area (Å²) >= 11 is 2.27. The zero-order chi connectivity index (χ0) is 26.5. The molecule has 1 amide bonds. The van der Waals surface area contributed by atoms with E-state index in [-0.39, 0.29) is 36.0 Å². The number of carbonyl (C=O) groups is 1. The average molecular weight is 633 g/mol. The van der Waals surface area contributed by atoms with Gasteiger partial charge in [-0.2, -0.15) is 0 Å². The van der Waals surface area contributed by atoms with Crippen molar-refractivity contribution in [2.45, 2.75) is 56.1 Å². The highest BCUT2D eigenvalue weighted by Crippen LogP contribution is 2.59. The maximum absolute atomic E-state index is 13.7. The Labute approximate surface area is 231 Å². The third kappa shape index (κ3) is 4.46. The maximum Gasteiger partial charge on any atom is 0.264 e. The van der Waals surface area contributed by atoms with Crippen LogP contribution in [0.5, 0.6) is 0 Å². The lowest BCUT2D eigenvalue weighted by Gasteiger charge is -2.32. The summed E-state index contributed by atoms with van der Waals surface area (Å²) in [4.78, 5) is 26.8. The minimum absolute atomic E-state index is 0.0608. The van der Waals surface area contributed by atoms with E-state index in [4.69, 9.17) is 4.74 Å². The topological polar surface area (TPSA) is 101 Å². The third-order valence-corrected chi connectivity index (χ3v) is 11.2. The molecule has 1 saturated heterocycles. The number of nitrogens with zero attached hydrogens (tertiary/aromatic N) is 4. The molecule has 1 aromatic heterocycles. The molecule has 2 aliphatic heterocycles. The summed E-state index contributed by atoms with van der Waals surface area (Å²) in [5, 5.41) is 18.7. The van der Waals surface area contributed by atoms with Gasteiger partial charge in [0.05, 0.1) is 30.0 Å². The Hall–Kier alpha value is -2.12. The molecule has 3 heterocycles. The van der Waals surface area contributed by atoms with Crippen LogP contribution in [0.25, 0.3) is 0 Å². The predicted octanol–water partition coefficient (Wildman–Crippen LogP) is 3.87. The SMILES string of the molecule is C[C@H]1[C@H]([Si](C)(C)O)[C@@H](CCn2cc(C(CO)c3ccccc3)nn2)O[C@]12C(=O)N(C)c1ccc(I)cc12. The second-order valence-corrected chi connectivity index (χ2v) is 15.9. The molecule has 5 rings (SSSR count). The lowest BCUT2D eigenvalue weighted by Crippen LogP contribution is -2.45. The molecule has 37 heavy (non-hydrogen) atoms. The van der Waals surface area contributed by atoms with Crippen LogP contribution in [-0.2, 0) is 21.7 Å². The van der Waals surface area contributed by atoms with Crippen LogP contribution >= 0.6 is 22.6 Å². The molecule has 1 unspecified atom stereocenters. The molecule has 196 valence electrons. The first-order valence-electron chi connectivity index (χ1n) is 12.6. The molecule has 2 aromatic carbocycles. The Morgan fingerprint density at radius 3 is 2.62 bits per heavy atom. The molecule has 8 nitrogen and oxygen atoms in total. The van der Waals surface area contributed by atoms with Gasteiger partial charge in [-0.1, -0.05) is 42.5 Å². The number of hydrogen-bond acceptors (Lipinski definition) is 6. The number of carbonyl (C=O) groups excluding carboxylic acids is 1. The van der Waals surface area contributed by atoms with E-state index in [1.165, 1.54) is 0 Å². The van der Waals surface area contributed by atoms with Crippen LogP contribution in [-0.4, -0.2) is 58.9 Å². The molecular weight excluding hydrogens is 599 g/mol. The number of benzene rings is 2. The normalized spacial score (nSPS) is 26.2. The molecule has 0 bridgehead atoms. The first-order valence-corrected chi connectivity index (χ1v) is 16.7. The van der Waals surface area contributed by atoms with Crippen molar-refractivity contribution < 1.29 is 19.4 Å². The van der Waals surface area contributed by atoms with Gasteiger partial charge >= 0.3 is 0 Å². The number of aromatic nitrogens is 3. The van der Waals surface area contributed by atoms with E-state index >= 15 is 0 Å². The smallest absolute Gasteiger partial charge is 0.264 e. The van der Waals surface area contributed by atoms with Crippen molar-refractivity contribution in [3.63, 3.8) is 0 Å². The minimum atomic E-state index is -2.71. The first-order chi connectivity index (χ1) is 17.6. The van der Waals surface area contributed by atoms with Gasteiger partial charge in [-0.3, -0.25) is 9.48 Å². The summed E-state index contributed by atoms with van der Waals surface area (Å²) in [5.74, 6) is -0.496. The molecule has 2 aliphatic rings. The number of aliphatic hydroxyl groups excluding tert-OH is 1. The molecule has 0 radical (unpaired) electrons. The molecule has 10 heteroatoms. The lowest BCUT2D eigenvalue weighted by atomic mass is 9.82. The van der Waals surface area contributed by atoms with Crippen LogP contribution < -0.4 is 4.90 Å². The van der Waals surface area contributed by atoms with Gasteiger partial charge in [0.1, 0.15) is 0 Å². The van der Waals surface area contributed by atoms with E-state index < -0.39 is 13.9 Å². The van der Waals surface area contributed by atoms with Crippen molar-refractivity contribution >= 4 is 42.5 Å². The van der Waals surface area contributed by atoms with Crippen LogP contribution in [0.2, 0.25) is 18.6 Å². The summed E-state index contributed by atoms with van der Waals surface area (Å²) in [7, 11) is -0.911. The molecule has 0 aliphatic carbocycles. The van der Waals surface area contributed by atoms with Crippen molar-refractivity contribution in [3.8, 4) is 0 Å². The quantitative estimate of drug-likeness (QED) is 0.303. The predicted molar refractivity (Wildman–Crippen MR) is 152 cm³/mol. The van der Waals surface area contributed by atoms with Crippen LogP contribution in [0.4, 0.5) is 5.69 Å². The fourth-order valence-corrected chi connectivity index (χ4v) is 9.42. The third-order valence-electron chi connectivity index (χ3n) is 8.02. The molecule has 5 atom stereocenters. The van der Waals surface area contributed by atoms with Gasteiger partial charge in [-0.05, 0) is 65.9 Å². The van der Waals surface area contributed by atoms with Crippen LogP contribution in [0.15, 0.2) is 54.7 Å². The van der Waals surface area contributed by atoms with Crippen molar-refractivity contribution in [3.05, 3.63) is 75.1 Å². The van der Waals surface area contributed by atoms with Gasteiger partial charge < -0.3 is 19.5 Å². The Balaban J connectivity index is 1.42. The summed E-state index contributed by atoms with van der Waals surface area (Å²) in [6, 6.07) is 15.8. The second kappa shape index (κ2) is 9.88. The number of fused-ring (bicyclic) bond motifs is 2. The highest BCUT2D eigenvalue weighted by atomic mass is 127. The van der Waals surface area contributed by atoms with E-state index in [9.17, 15) is 14.7 Å². The van der Waals surface area contributed by atoms with E-state index in [0.717, 1.165) is 20.4 Å². The molecule has 1 fully saturated rings. The number of anilines is 1. The van der Waals surface area contributed by atoms with Gasteiger partial charge in [0, 0.05) is 40.4 Å². The number of aliphatic hydroxyl groups is 1. The fraction of sp³-hybridized carbons (Fsp3) is 0.444. The number of likely N-dealkylation sites (N-methyl/N-ethyl adjacent to an activating group) is 1. The van der Waals surface area contributed by atoms with Crippen LogP contribution in [0, 0.1) is 9.49 Å². The maximum atomic E-state index is 13.7. The van der Waals surface area contributed by atoms with E-state index in [2.05, 4.69) is 39.8 Å². The molecular formula is C27H33IN4O4Si.